The fraction of sp³-hybridized carbons (Fsp3) is 0.231. The van der Waals surface area contributed by atoms with E-state index in [0.717, 1.165) is 15.6 Å². The van der Waals surface area contributed by atoms with Crippen LogP contribution in [0.3, 0.4) is 0 Å². The minimum atomic E-state index is -1.03. The van der Waals surface area contributed by atoms with Crippen molar-refractivity contribution in [2.24, 2.45) is 0 Å². The molecule has 0 bridgehead atoms. The third kappa shape index (κ3) is 3.51. The second-order valence-electron chi connectivity index (χ2n) is 4.22. The molecular formula is C13H13N3O2S. The van der Waals surface area contributed by atoms with Crippen molar-refractivity contribution in [1.82, 2.24) is 15.0 Å². The number of hydrogen-bond acceptors (Lipinski definition) is 5. The Hall–Kier alpha value is -1.95. The highest BCUT2D eigenvalue weighted by Gasteiger charge is 2.08. The maximum absolute atomic E-state index is 10.9. The van der Waals surface area contributed by atoms with Gasteiger partial charge in [0.2, 0.25) is 0 Å². The number of aromatic carboxylic acids is 1. The molecule has 19 heavy (non-hydrogen) atoms. The molecule has 2 heterocycles. The zero-order valence-corrected chi connectivity index (χ0v) is 11.4. The lowest BCUT2D eigenvalue weighted by Gasteiger charge is -2.06. The van der Waals surface area contributed by atoms with Crippen molar-refractivity contribution in [2.45, 2.75) is 29.7 Å². The Balaban J connectivity index is 2.23. The monoisotopic (exact) mass is 275 g/mol. The maximum Gasteiger partial charge on any atom is 0.354 e. The Morgan fingerprint density at radius 3 is 2.74 bits per heavy atom. The first kappa shape index (κ1) is 13.5. The number of rotatable bonds is 4. The Kier molecular flexibility index (Phi) is 4.11. The molecule has 1 N–H and O–H groups in total. The molecule has 0 saturated carbocycles. The molecule has 0 radical (unpaired) electrons. The first-order chi connectivity index (χ1) is 9.06. The fourth-order valence-corrected chi connectivity index (χ4v) is 2.26. The maximum atomic E-state index is 10.9. The number of aromatic nitrogens is 3. The second kappa shape index (κ2) is 5.79. The van der Waals surface area contributed by atoms with Crippen LogP contribution in [0.15, 0.2) is 40.6 Å². The summed E-state index contributed by atoms with van der Waals surface area (Å²) in [6.45, 7) is 4.12. The summed E-state index contributed by atoms with van der Waals surface area (Å²) in [5.41, 5.74) is 0.994. The van der Waals surface area contributed by atoms with Gasteiger partial charge in [-0.05, 0) is 24.1 Å². The van der Waals surface area contributed by atoms with Crippen LogP contribution in [0.4, 0.5) is 0 Å². The Labute approximate surface area is 115 Å². The van der Waals surface area contributed by atoms with Gasteiger partial charge in [-0.25, -0.2) is 19.7 Å². The summed E-state index contributed by atoms with van der Waals surface area (Å²) in [5, 5.41) is 9.69. The van der Waals surface area contributed by atoms with Crippen molar-refractivity contribution in [3.63, 3.8) is 0 Å². The molecule has 0 aromatic carbocycles. The number of nitrogens with zero attached hydrogens (tertiary/aromatic N) is 3. The highest BCUT2D eigenvalue weighted by atomic mass is 32.2. The van der Waals surface area contributed by atoms with Crippen LogP contribution in [-0.2, 0) is 0 Å². The van der Waals surface area contributed by atoms with E-state index in [0.29, 0.717) is 5.92 Å². The normalized spacial score (nSPS) is 10.7. The number of carbonyl (C=O) groups is 1. The molecule has 0 saturated heterocycles. The van der Waals surface area contributed by atoms with E-state index >= 15 is 0 Å². The lowest BCUT2D eigenvalue weighted by molar-refractivity contribution is 0.0690. The molecule has 2 rings (SSSR count). The van der Waals surface area contributed by atoms with Gasteiger partial charge in [0.1, 0.15) is 17.0 Å². The van der Waals surface area contributed by atoms with Gasteiger partial charge in [0.15, 0.2) is 0 Å². The van der Waals surface area contributed by atoms with Crippen molar-refractivity contribution in [3.05, 3.63) is 42.1 Å². The van der Waals surface area contributed by atoms with Crippen molar-refractivity contribution < 1.29 is 9.90 Å². The number of pyridine rings is 1. The summed E-state index contributed by atoms with van der Waals surface area (Å²) in [6, 6.07) is 5.20. The molecule has 6 heteroatoms. The number of hydrogen-bond donors (Lipinski definition) is 1. The molecule has 5 nitrogen and oxygen atoms in total. The predicted octanol–water partition coefficient (Wildman–Crippen LogP) is 2.84. The molecule has 0 unspecified atom stereocenters. The average Bonchev–Trinajstić information content (AvgIpc) is 2.39. The summed E-state index contributed by atoms with van der Waals surface area (Å²) in [7, 11) is 0. The van der Waals surface area contributed by atoms with E-state index in [-0.39, 0.29) is 5.69 Å². The van der Waals surface area contributed by atoms with Gasteiger partial charge in [-0.3, -0.25) is 0 Å². The molecule has 2 aromatic heterocycles. The van der Waals surface area contributed by atoms with E-state index in [9.17, 15) is 4.79 Å². The Morgan fingerprint density at radius 1 is 1.26 bits per heavy atom. The van der Waals surface area contributed by atoms with Crippen molar-refractivity contribution in [3.8, 4) is 0 Å². The lowest BCUT2D eigenvalue weighted by Crippen LogP contribution is -1.99. The third-order valence-corrected chi connectivity index (χ3v) is 3.35. The summed E-state index contributed by atoms with van der Waals surface area (Å²) in [6.07, 6.45) is 3.01. The van der Waals surface area contributed by atoms with Gasteiger partial charge < -0.3 is 5.11 Å². The van der Waals surface area contributed by atoms with Gasteiger partial charge >= 0.3 is 5.97 Å². The molecule has 0 aliphatic rings. The highest BCUT2D eigenvalue weighted by Crippen LogP contribution is 2.27. The molecule has 0 fully saturated rings. The summed E-state index contributed by atoms with van der Waals surface area (Å²) < 4.78 is 0. The van der Waals surface area contributed by atoms with Gasteiger partial charge in [-0.15, -0.1) is 0 Å². The van der Waals surface area contributed by atoms with E-state index < -0.39 is 5.97 Å². The van der Waals surface area contributed by atoms with Crippen molar-refractivity contribution in [2.75, 3.05) is 0 Å². The molecule has 0 aliphatic carbocycles. The fourth-order valence-electron chi connectivity index (χ4n) is 1.44. The van der Waals surface area contributed by atoms with Crippen LogP contribution in [0, 0.1) is 0 Å². The van der Waals surface area contributed by atoms with Gasteiger partial charge in [0.05, 0.1) is 0 Å². The van der Waals surface area contributed by atoms with E-state index in [4.69, 9.17) is 5.11 Å². The zero-order valence-electron chi connectivity index (χ0n) is 10.6. The average molecular weight is 275 g/mol. The third-order valence-electron chi connectivity index (χ3n) is 2.43. The SMILES string of the molecule is CC(C)c1cc(Sc2ccnc(C(=O)O)c2)ncn1. The largest absolute Gasteiger partial charge is 0.477 e. The molecule has 0 spiro atoms. The molecule has 0 aliphatic heterocycles. The lowest BCUT2D eigenvalue weighted by atomic mass is 10.1. The second-order valence-corrected chi connectivity index (χ2v) is 5.31. The van der Waals surface area contributed by atoms with Crippen LogP contribution in [0.5, 0.6) is 0 Å². The minimum Gasteiger partial charge on any atom is -0.477 e. The van der Waals surface area contributed by atoms with E-state index in [1.54, 1.807) is 6.07 Å². The Morgan fingerprint density at radius 2 is 2.05 bits per heavy atom. The first-order valence-corrected chi connectivity index (χ1v) is 6.57. The van der Waals surface area contributed by atoms with Crippen molar-refractivity contribution >= 4 is 17.7 Å². The van der Waals surface area contributed by atoms with E-state index in [1.165, 1.54) is 30.4 Å². The molecule has 2 aromatic rings. The summed E-state index contributed by atoms with van der Waals surface area (Å²) in [4.78, 5) is 23.8. The standard InChI is InChI=1S/C13H13N3O2S/c1-8(2)10-6-12(16-7-15-10)19-9-3-4-14-11(5-9)13(17)18/h3-8H,1-2H3,(H,17,18). The first-order valence-electron chi connectivity index (χ1n) is 5.75. The van der Waals surface area contributed by atoms with Crippen LogP contribution in [-0.4, -0.2) is 26.0 Å². The van der Waals surface area contributed by atoms with Gasteiger partial charge in [-0.1, -0.05) is 25.6 Å². The highest BCUT2D eigenvalue weighted by molar-refractivity contribution is 7.99. The minimum absolute atomic E-state index is 0.0307. The molecule has 0 atom stereocenters. The van der Waals surface area contributed by atoms with Gasteiger partial charge in [-0.2, -0.15) is 0 Å². The molecule has 98 valence electrons. The van der Waals surface area contributed by atoms with Crippen LogP contribution >= 0.6 is 11.8 Å². The molecule has 0 amide bonds. The summed E-state index contributed by atoms with van der Waals surface area (Å²) >= 11 is 1.40. The predicted molar refractivity (Wildman–Crippen MR) is 71.4 cm³/mol. The smallest absolute Gasteiger partial charge is 0.354 e. The van der Waals surface area contributed by atoms with Crippen LogP contribution < -0.4 is 0 Å². The topological polar surface area (TPSA) is 76.0 Å². The van der Waals surface area contributed by atoms with Crippen molar-refractivity contribution in [1.29, 1.82) is 0 Å². The number of carboxylic acids is 1. The van der Waals surface area contributed by atoms with E-state index in [2.05, 4.69) is 28.8 Å². The van der Waals surface area contributed by atoms with E-state index in [1.807, 2.05) is 6.07 Å². The van der Waals surface area contributed by atoms with Gasteiger partial charge in [0, 0.05) is 16.8 Å². The summed E-state index contributed by atoms with van der Waals surface area (Å²) in [5.74, 6) is -0.706. The quantitative estimate of drug-likeness (QED) is 0.865. The zero-order chi connectivity index (χ0) is 13.8. The Bertz CT molecular complexity index is 602. The van der Waals surface area contributed by atoms with Crippen LogP contribution in [0.1, 0.15) is 35.9 Å². The van der Waals surface area contributed by atoms with Crippen LogP contribution in [0.25, 0.3) is 0 Å². The van der Waals surface area contributed by atoms with Gasteiger partial charge in [0.25, 0.3) is 0 Å². The molecular weight excluding hydrogens is 262 g/mol. The number of carboxylic acid groups (broad SMARTS) is 1. The van der Waals surface area contributed by atoms with Crippen LogP contribution in [0.2, 0.25) is 0 Å².